The minimum Gasteiger partial charge on any atom is -0.507 e. The van der Waals surface area contributed by atoms with Gasteiger partial charge in [-0.25, -0.2) is 4.68 Å². The molecule has 5 rings (SSSR count). The monoisotopic (exact) mass is 533 g/mol. The lowest BCUT2D eigenvalue weighted by Crippen LogP contribution is -2.50. The third-order valence-corrected chi connectivity index (χ3v) is 7.94. The maximum atomic E-state index is 13.4. The number of piperazine rings is 1. The van der Waals surface area contributed by atoms with Crippen molar-refractivity contribution >= 4 is 5.91 Å². The SMILES string of the molecule is COCCCn1nnnc1-c1cc(-c2cccc(C(=O)N3CCN(CC4CCN(C)CC4)CC3)c2)ccc1O. The molecule has 0 radical (unpaired) electrons. The Morgan fingerprint density at radius 2 is 1.79 bits per heavy atom. The fourth-order valence-electron chi connectivity index (χ4n) is 5.56. The molecule has 2 fully saturated rings. The summed E-state index contributed by atoms with van der Waals surface area (Å²) in [5.41, 5.74) is 3.01. The van der Waals surface area contributed by atoms with Gasteiger partial charge >= 0.3 is 0 Å². The summed E-state index contributed by atoms with van der Waals surface area (Å²) in [7, 11) is 3.86. The smallest absolute Gasteiger partial charge is 0.253 e. The van der Waals surface area contributed by atoms with E-state index in [-0.39, 0.29) is 11.7 Å². The highest BCUT2D eigenvalue weighted by atomic mass is 16.5. The second-order valence-electron chi connectivity index (χ2n) is 10.7. The Kier molecular flexibility index (Phi) is 8.85. The van der Waals surface area contributed by atoms with Crippen molar-refractivity contribution in [2.24, 2.45) is 5.92 Å². The summed E-state index contributed by atoms with van der Waals surface area (Å²) in [6, 6.07) is 13.1. The number of likely N-dealkylation sites (tertiary alicyclic amines) is 1. The highest BCUT2D eigenvalue weighted by Crippen LogP contribution is 2.33. The first-order chi connectivity index (χ1) is 19.0. The van der Waals surface area contributed by atoms with Gasteiger partial charge in [0.1, 0.15) is 5.75 Å². The lowest BCUT2D eigenvalue weighted by molar-refractivity contribution is 0.0594. The van der Waals surface area contributed by atoms with Gasteiger partial charge in [0, 0.05) is 58.5 Å². The van der Waals surface area contributed by atoms with Crippen LogP contribution >= 0.6 is 0 Å². The average molecular weight is 534 g/mol. The van der Waals surface area contributed by atoms with Gasteiger partial charge in [0.05, 0.1) is 5.56 Å². The van der Waals surface area contributed by atoms with E-state index in [2.05, 4.69) is 32.4 Å². The molecular formula is C29H39N7O3. The van der Waals surface area contributed by atoms with Crippen molar-refractivity contribution in [2.75, 3.05) is 66.6 Å². The van der Waals surface area contributed by atoms with Crippen LogP contribution in [-0.2, 0) is 11.3 Å². The molecule has 208 valence electrons. The molecule has 2 aliphatic heterocycles. The molecule has 1 aromatic heterocycles. The van der Waals surface area contributed by atoms with E-state index in [0.29, 0.717) is 30.1 Å². The van der Waals surface area contributed by atoms with Gasteiger partial charge in [0.15, 0.2) is 5.82 Å². The number of phenols is 1. The molecular weight excluding hydrogens is 494 g/mol. The van der Waals surface area contributed by atoms with Crippen molar-refractivity contribution < 1.29 is 14.6 Å². The van der Waals surface area contributed by atoms with E-state index in [4.69, 9.17) is 4.74 Å². The number of piperidine rings is 1. The fraction of sp³-hybridized carbons (Fsp3) is 0.517. The third kappa shape index (κ3) is 6.63. The van der Waals surface area contributed by atoms with Gasteiger partial charge in [-0.05, 0) is 91.1 Å². The number of carbonyl (C=O) groups is 1. The third-order valence-electron chi connectivity index (χ3n) is 7.94. The maximum absolute atomic E-state index is 13.4. The van der Waals surface area contributed by atoms with E-state index >= 15 is 0 Å². The molecule has 0 spiro atoms. The normalized spacial score (nSPS) is 17.5. The topological polar surface area (TPSA) is 99.8 Å². The van der Waals surface area contributed by atoms with Gasteiger partial charge in [0.25, 0.3) is 5.91 Å². The summed E-state index contributed by atoms with van der Waals surface area (Å²) in [5, 5.41) is 22.6. The zero-order chi connectivity index (χ0) is 27.2. The number of rotatable bonds is 9. The number of benzene rings is 2. The summed E-state index contributed by atoms with van der Waals surface area (Å²) in [5.74, 6) is 1.44. The van der Waals surface area contributed by atoms with E-state index in [0.717, 1.165) is 56.2 Å². The minimum absolute atomic E-state index is 0.0666. The molecule has 10 heteroatoms. The molecule has 3 aromatic rings. The number of hydrogen-bond donors (Lipinski definition) is 1. The van der Waals surface area contributed by atoms with Crippen LogP contribution in [0.5, 0.6) is 5.75 Å². The molecule has 2 aromatic carbocycles. The van der Waals surface area contributed by atoms with Gasteiger partial charge < -0.3 is 19.6 Å². The standard InChI is InChI=1S/C29H39N7O3/c1-33-12-9-22(10-13-33)21-34-14-16-35(17-15-34)29(38)25-6-3-5-23(19-25)24-7-8-27(37)26(20-24)28-30-31-32-36(28)11-4-18-39-2/h3,5-8,19-20,22,37H,4,9-18,21H2,1-2H3. The van der Waals surface area contributed by atoms with Gasteiger partial charge in [-0.1, -0.05) is 18.2 Å². The van der Waals surface area contributed by atoms with E-state index in [1.807, 2.05) is 41.3 Å². The zero-order valence-corrected chi connectivity index (χ0v) is 23.0. The van der Waals surface area contributed by atoms with Crippen LogP contribution in [0, 0.1) is 5.92 Å². The van der Waals surface area contributed by atoms with Gasteiger partial charge in [-0.3, -0.25) is 9.69 Å². The van der Waals surface area contributed by atoms with E-state index < -0.39 is 0 Å². The number of aryl methyl sites for hydroxylation is 1. The molecule has 0 bridgehead atoms. The fourth-order valence-corrected chi connectivity index (χ4v) is 5.56. The highest BCUT2D eigenvalue weighted by Gasteiger charge is 2.25. The number of amides is 1. The molecule has 0 unspecified atom stereocenters. The van der Waals surface area contributed by atoms with Crippen molar-refractivity contribution in [3.8, 4) is 28.3 Å². The zero-order valence-electron chi connectivity index (χ0n) is 23.0. The summed E-state index contributed by atoms with van der Waals surface area (Å²) >= 11 is 0. The van der Waals surface area contributed by atoms with E-state index in [1.54, 1.807) is 17.9 Å². The number of phenolic OH excluding ortho intramolecular Hbond substituents is 1. The Labute approximate surface area is 230 Å². The van der Waals surface area contributed by atoms with Crippen molar-refractivity contribution in [1.82, 2.24) is 34.9 Å². The largest absolute Gasteiger partial charge is 0.507 e. The molecule has 10 nitrogen and oxygen atoms in total. The van der Waals surface area contributed by atoms with Crippen LogP contribution in [0.2, 0.25) is 0 Å². The van der Waals surface area contributed by atoms with E-state index in [9.17, 15) is 9.90 Å². The molecule has 2 aliphatic rings. The first-order valence-electron chi connectivity index (χ1n) is 13.9. The van der Waals surface area contributed by atoms with Crippen molar-refractivity contribution in [2.45, 2.75) is 25.8 Å². The lowest BCUT2D eigenvalue weighted by Gasteiger charge is -2.38. The maximum Gasteiger partial charge on any atom is 0.253 e. The first-order valence-corrected chi connectivity index (χ1v) is 13.9. The van der Waals surface area contributed by atoms with Crippen molar-refractivity contribution in [1.29, 1.82) is 0 Å². The molecule has 0 atom stereocenters. The molecule has 0 saturated carbocycles. The van der Waals surface area contributed by atoms with Crippen LogP contribution in [0.4, 0.5) is 0 Å². The molecule has 1 amide bonds. The number of carbonyl (C=O) groups excluding carboxylic acids is 1. The average Bonchev–Trinajstić information content (AvgIpc) is 3.43. The molecule has 3 heterocycles. The summed E-state index contributed by atoms with van der Waals surface area (Å²) in [4.78, 5) is 20.3. The second-order valence-corrected chi connectivity index (χ2v) is 10.7. The van der Waals surface area contributed by atoms with Crippen molar-refractivity contribution in [3.05, 3.63) is 48.0 Å². The predicted molar refractivity (Wildman–Crippen MR) is 149 cm³/mol. The predicted octanol–water partition coefficient (Wildman–Crippen LogP) is 2.85. The van der Waals surface area contributed by atoms with Gasteiger partial charge in [-0.2, -0.15) is 0 Å². The van der Waals surface area contributed by atoms with Crippen LogP contribution in [0.3, 0.4) is 0 Å². The quantitative estimate of drug-likeness (QED) is 0.419. The van der Waals surface area contributed by atoms with Crippen LogP contribution in [0.1, 0.15) is 29.6 Å². The Bertz CT molecular complexity index is 1250. The van der Waals surface area contributed by atoms with Gasteiger partial charge in [0.2, 0.25) is 0 Å². The highest BCUT2D eigenvalue weighted by molar-refractivity contribution is 5.95. The lowest BCUT2D eigenvalue weighted by atomic mass is 9.96. The Hall–Kier alpha value is -3.34. The summed E-state index contributed by atoms with van der Waals surface area (Å²) < 4.78 is 6.80. The first kappa shape index (κ1) is 27.2. The van der Waals surface area contributed by atoms with Crippen LogP contribution in [-0.4, -0.2) is 112 Å². The molecule has 2 saturated heterocycles. The minimum atomic E-state index is 0.0666. The number of aromatic nitrogens is 4. The summed E-state index contributed by atoms with van der Waals surface area (Å²) in [6.07, 6.45) is 3.29. The number of tetrazole rings is 1. The van der Waals surface area contributed by atoms with Crippen LogP contribution in [0.25, 0.3) is 22.5 Å². The summed E-state index contributed by atoms with van der Waals surface area (Å²) in [6.45, 7) is 8.06. The molecule has 1 N–H and O–H groups in total. The van der Waals surface area contributed by atoms with Gasteiger partial charge in [-0.15, -0.1) is 5.10 Å². The Morgan fingerprint density at radius 3 is 2.56 bits per heavy atom. The number of aromatic hydroxyl groups is 1. The number of nitrogens with zero attached hydrogens (tertiary/aromatic N) is 7. The second kappa shape index (κ2) is 12.7. The number of hydrogen-bond acceptors (Lipinski definition) is 8. The van der Waals surface area contributed by atoms with Crippen LogP contribution < -0.4 is 0 Å². The number of methoxy groups -OCH3 is 1. The molecule has 0 aliphatic carbocycles. The van der Waals surface area contributed by atoms with E-state index in [1.165, 1.54) is 25.9 Å². The Balaban J connectivity index is 1.25. The Morgan fingerprint density at radius 1 is 1.03 bits per heavy atom. The van der Waals surface area contributed by atoms with Crippen molar-refractivity contribution in [3.63, 3.8) is 0 Å². The number of ether oxygens (including phenoxy) is 1. The van der Waals surface area contributed by atoms with Crippen LogP contribution in [0.15, 0.2) is 42.5 Å². The molecule has 39 heavy (non-hydrogen) atoms.